The standard InChI is InChI=1S/C30H21N3O3/c1-20-8-2-3-9-21(20)18-33-19-22(23-10-4-5-11-25(23)33)17-32-30-24(16-31)28(26-12-6-14-34-26)29(36-30)27-13-7-15-35-27/h2-15,17,19H,18H2,1H3. The molecule has 0 radical (unpaired) electrons. The van der Waals surface area contributed by atoms with Crippen LogP contribution in [-0.4, -0.2) is 10.8 Å². The van der Waals surface area contributed by atoms with E-state index >= 15 is 0 Å². The molecule has 174 valence electrons. The Morgan fingerprint density at radius 3 is 2.42 bits per heavy atom. The third kappa shape index (κ3) is 3.73. The number of nitriles is 1. The molecule has 36 heavy (non-hydrogen) atoms. The van der Waals surface area contributed by atoms with Crippen LogP contribution in [-0.2, 0) is 6.54 Å². The maximum atomic E-state index is 10.0. The normalized spacial score (nSPS) is 11.4. The SMILES string of the molecule is Cc1ccccc1Cn1cc(C=Nc2oc(-c3ccco3)c(-c3ccco3)c2C#N)c2ccccc21. The summed E-state index contributed by atoms with van der Waals surface area (Å²) in [7, 11) is 0. The molecule has 2 aromatic carbocycles. The number of hydrogen-bond donors (Lipinski definition) is 0. The number of fused-ring (bicyclic) bond motifs is 1. The van der Waals surface area contributed by atoms with E-state index in [0.717, 1.165) is 23.0 Å². The molecular weight excluding hydrogens is 450 g/mol. The number of rotatable bonds is 6. The summed E-state index contributed by atoms with van der Waals surface area (Å²) in [5.74, 6) is 1.61. The van der Waals surface area contributed by atoms with Gasteiger partial charge in [-0.3, -0.25) is 0 Å². The molecule has 4 heterocycles. The number of hydrogen-bond acceptors (Lipinski definition) is 5. The third-order valence-electron chi connectivity index (χ3n) is 6.26. The summed E-state index contributed by atoms with van der Waals surface area (Å²) in [6, 6.07) is 25.9. The smallest absolute Gasteiger partial charge is 0.238 e. The average Bonchev–Trinajstić information content (AvgIpc) is 3.70. The fraction of sp³-hybridized carbons (Fsp3) is 0.0667. The first kappa shape index (κ1) is 21.5. The van der Waals surface area contributed by atoms with Gasteiger partial charge in [0.15, 0.2) is 11.5 Å². The molecule has 0 saturated carbocycles. The Morgan fingerprint density at radius 1 is 0.917 bits per heavy atom. The third-order valence-corrected chi connectivity index (χ3v) is 6.26. The zero-order chi connectivity index (χ0) is 24.5. The molecule has 0 fully saturated rings. The minimum Gasteiger partial charge on any atom is -0.464 e. The Bertz CT molecular complexity index is 1730. The van der Waals surface area contributed by atoms with Crippen molar-refractivity contribution in [3.63, 3.8) is 0 Å². The van der Waals surface area contributed by atoms with Gasteiger partial charge in [-0.2, -0.15) is 5.26 Å². The number of aromatic nitrogens is 1. The van der Waals surface area contributed by atoms with Gasteiger partial charge < -0.3 is 17.8 Å². The van der Waals surface area contributed by atoms with Gasteiger partial charge in [0.2, 0.25) is 5.88 Å². The van der Waals surface area contributed by atoms with E-state index in [2.05, 4.69) is 65.1 Å². The second-order valence-corrected chi connectivity index (χ2v) is 8.47. The van der Waals surface area contributed by atoms with Crippen molar-refractivity contribution < 1.29 is 13.3 Å². The first-order valence-electron chi connectivity index (χ1n) is 11.5. The van der Waals surface area contributed by atoms with Gasteiger partial charge >= 0.3 is 0 Å². The Kier molecular flexibility index (Phi) is 5.36. The molecule has 0 aliphatic carbocycles. The van der Waals surface area contributed by atoms with Crippen LogP contribution in [0.3, 0.4) is 0 Å². The Hall–Kier alpha value is -5.02. The summed E-state index contributed by atoms with van der Waals surface area (Å²) in [5.41, 5.74) is 5.34. The van der Waals surface area contributed by atoms with Crippen molar-refractivity contribution in [3.8, 4) is 28.9 Å². The van der Waals surface area contributed by atoms with Crippen molar-refractivity contribution in [1.82, 2.24) is 4.57 Å². The zero-order valence-corrected chi connectivity index (χ0v) is 19.5. The van der Waals surface area contributed by atoms with E-state index in [4.69, 9.17) is 13.3 Å². The quantitative estimate of drug-likeness (QED) is 0.233. The molecule has 0 atom stereocenters. The lowest BCUT2D eigenvalue weighted by atomic mass is 10.1. The second-order valence-electron chi connectivity index (χ2n) is 8.47. The number of aliphatic imine (C=N–C) groups is 1. The molecule has 0 aliphatic rings. The molecule has 0 aliphatic heterocycles. The highest BCUT2D eigenvalue weighted by Gasteiger charge is 2.26. The second kappa shape index (κ2) is 8.97. The van der Waals surface area contributed by atoms with E-state index in [1.165, 1.54) is 11.1 Å². The number of benzene rings is 2. The van der Waals surface area contributed by atoms with Crippen LogP contribution >= 0.6 is 0 Å². The molecule has 0 unspecified atom stereocenters. The molecule has 6 heteroatoms. The minimum atomic E-state index is 0.200. The van der Waals surface area contributed by atoms with Crippen LogP contribution in [0.1, 0.15) is 22.3 Å². The molecule has 6 rings (SSSR count). The predicted octanol–water partition coefficient (Wildman–Crippen LogP) is 7.73. The van der Waals surface area contributed by atoms with Gasteiger partial charge in [0.05, 0.1) is 18.1 Å². The fourth-order valence-electron chi connectivity index (χ4n) is 4.46. The highest BCUT2D eigenvalue weighted by atomic mass is 16.4. The number of nitrogens with zero attached hydrogens (tertiary/aromatic N) is 3. The first-order chi connectivity index (χ1) is 17.7. The zero-order valence-electron chi connectivity index (χ0n) is 19.5. The number of para-hydroxylation sites is 1. The van der Waals surface area contributed by atoms with E-state index in [1.807, 2.05) is 12.1 Å². The minimum absolute atomic E-state index is 0.200. The molecular formula is C30H21N3O3. The van der Waals surface area contributed by atoms with Crippen molar-refractivity contribution in [2.75, 3.05) is 0 Å². The number of furan rings is 3. The van der Waals surface area contributed by atoms with Gasteiger partial charge in [0.25, 0.3) is 0 Å². The van der Waals surface area contributed by atoms with Gasteiger partial charge in [-0.25, -0.2) is 4.99 Å². The van der Waals surface area contributed by atoms with Crippen LogP contribution in [0, 0.1) is 18.3 Å². The monoisotopic (exact) mass is 471 g/mol. The van der Waals surface area contributed by atoms with E-state index in [9.17, 15) is 5.26 Å². The summed E-state index contributed by atoms with van der Waals surface area (Å²) in [6.45, 7) is 2.87. The topological polar surface area (TPSA) is 80.5 Å². The highest BCUT2D eigenvalue weighted by molar-refractivity contribution is 6.00. The number of aryl methyl sites for hydroxylation is 1. The van der Waals surface area contributed by atoms with E-state index < -0.39 is 0 Å². The molecule has 6 aromatic rings. The van der Waals surface area contributed by atoms with Crippen LogP contribution in [0.4, 0.5) is 5.88 Å². The van der Waals surface area contributed by atoms with Gasteiger partial charge in [-0.1, -0.05) is 42.5 Å². The van der Waals surface area contributed by atoms with Crippen LogP contribution in [0.2, 0.25) is 0 Å². The lowest BCUT2D eigenvalue weighted by Gasteiger charge is -2.08. The van der Waals surface area contributed by atoms with Crippen molar-refractivity contribution in [2.45, 2.75) is 13.5 Å². The molecule has 6 nitrogen and oxygen atoms in total. The van der Waals surface area contributed by atoms with Crippen LogP contribution in [0.25, 0.3) is 33.7 Å². The van der Waals surface area contributed by atoms with Crippen LogP contribution in [0.15, 0.2) is 110 Å². The van der Waals surface area contributed by atoms with Crippen molar-refractivity contribution in [1.29, 1.82) is 5.26 Å². The Balaban J connectivity index is 1.44. The molecule has 0 bridgehead atoms. The maximum absolute atomic E-state index is 10.0. The van der Waals surface area contributed by atoms with Gasteiger partial charge in [-0.15, -0.1) is 0 Å². The lowest BCUT2D eigenvalue weighted by Crippen LogP contribution is -1.99. The Morgan fingerprint density at radius 2 is 1.67 bits per heavy atom. The summed E-state index contributed by atoms with van der Waals surface area (Å²) in [4.78, 5) is 4.63. The molecule has 0 spiro atoms. The van der Waals surface area contributed by atoms with Crippen molar-refractivity contribution >= 4 is 23.0 Å². The van der Waals surface area contributed by atoms with E-state index in [1.54, 1.807) is 43.0 Å². The summed E-state index contributed by atoms with van der Waals surface area (Å²) in [5, 5.41) is 11.1. The molecule has 0 amide bonds. The van der Waals surface area contributed by atoms with Crippen LogP contribution < -0.4 is 0 Å². The van der Waals surface area contributed by atoms with Gasteiger partial charge in [0.1, 0.15) is 17.4 Å². The summed E-state index contributed by atoms with van der Waals surface area (Å²) < 4.78 is 19.5. The van der Waals surface area contributed by atoms with E-state index in [-0.39, 0.29) is 11.4 Å². The molecule has 0 saturated heterocycles. The average molecular weight is 472 g/mol. The van der Waals surface area contributed by atoms with E-state index in [0.29, 0.717) is 22.8 Å². The van der Waals surface area contributed by atoms with Gasteiger partial charge in [0, 0.05) is 35.4 Å². The van der Waals surface area contributed by atoms with Crippen LogP contribution in [0.5, 0.6) is 0 Å². The van der Waals surface area contributed by atoms with Crippen molar-refractivity contribution in [2.24, 2.45) is 4.99 Å². The molecule has 4 aromatic heterocycles. The Labute approximate surface area is 207 Å². The predicted molar refractivity (Wildman–Crippen MR) is 138 cm³/mol. The molecule has 0 N–H and O–H groups in total. The largest absolute Gasteiger partial charge is 0.464 e. The van der Waals surface area contributed by atoms with Gasteiger partial charge in [-0.05, 0) is 48.4 Å². The maximum Gasteiger partial charge on any atom is 0.238 e. The summed E-state index contributed by atoms with van der Waals surface area (Å²) >= 11 is 0. The fourth-order valence-corrected chi connectivity index (χ4v) is 4.46. The lowest BCUT2D eigenvalue weighted by molar-refractivity contribution is 0.527. The van der Waals surface area contributed by atoms with Crippen molar-refractivity contribution in [3.05, 3.63) is 114 Å². The highest BCUT2D eigenvalue weighted by Crippen LogP contribution is 2.42. The summed E-state index contributed by atoms with van der Waals surface area (Å²) in [6.07, 6.45) is 6.94. The first-order valence-corrected chi connectivity index (χ1v) is 11.5.